The Labute approximate surface area is 66.1 Å². The Kier molecular flexibility index (Phi) is 20.0. The molecule has 0 aliphatic heterocycles. The molecule has 0 fully saturated rings. The summed E-state index contributed by atoms with van der Waals surface area (Å²) in [6, 6.07) is 0. The zero-order valence-electron chi connectivity index (χ0n) is 6.06. The maximum atomic E-state index is 8.15. The summed E-state index contributed by atoms with van der Waals surface area (Å²) < 4.78 is 0. The summed E-state index contributed by atoms with van der Waals surface area (Å²) in [5, 5.41) is 22.8. The second-order valence-corrected chi connectivity index (χ2v) is 1.23. The molecule has 0 heterocycles. The van der Waals surface area contributed by atoms with Gasteiger partial charge in [-0.05, 0) is 0 Å². The van der Waals surface area contributed by atoms with Gasteiger partial charge in [-0.15, -0.1) is 0 Å². The topological polar surface area (TPSA) is 91.2 Å². The molecular formula is C4H12BNO5. The fraction of sp³-hybridized carbons (Fsp3) is 1.00. The van der Waals surface area contributed by atoms with E-state index in [0.29, 0.717) is 0 Å². The number of aliphatic hydroxyl groups excluding tert-OH is 2. The highest BCUT2D eigenvalue weighted by Crippen LogP contribution is 1.67. The summed E-state index contributed by atoms with van der Waals surface area (Å²) in [4.78, 5) is 8.90. The van der Waals surface area contributed by atoms with Crippen molar-refractivity contribution in [3.8, 4) is 0 Å². The van der Waals surface area contributed by atoms with Gasteiger partial charge in [0, 0.05) is 0 Å². The minimum absolute atomic E-state index is 0.0600. The average Bonchev–Trinajstić information content (AvgIpc) is 2.08. The Morgan fingerprint density at radius 3 is 1.64 bits per heavy atom. The summed E-state index contributed by atoms with van der Waals surface area (Å²) in [7, 11) is 3.50. The van der Waals surface area contributed by atoms with Gasteiger partial charge in [-0.1, -0.05) is 5.64 Å². The van der Waals surface area contributed by atoms with E-state index < -0.39 is 0 Å². The van der Waals surface area contributed by atoms with E-state index in [1.807, 2.05) is 0 Å². The molecule has 0 aromatic rings. The molecule has 0 spiro atoms. The van der Waals surface area contributed by atoms with Gasteiger partial charge in [-0.25, -0.2) is 0 Å². The molecule has 0 rings (SSSR count). The van der Waals surface area contributed by atoms with Gasteiger partial charge in [-0.3, -0.25) is 9.68 Å². The van der Waals surface area contributed by atoms with Crippen LogP contribution < -0.4 is 5.64 Å². The highest BCUT2D eigenvalue weighted by molar-refractivity contribution is 5.95. The van der Waals surface area contributed by atoms with Crippen LogP contribution in [0.2, 0.25) is 0 Å². The van der Waals surface area contributed by atoms with Crippen LogP contribution in [-0.4, -0.2) is 49.7 Å². The van der Waals surface area contributed by atoms with E-state index in [9.17, 15) is 0 Å². The second-order valence-electron chi connectivity index (χ2n) is 1.23. The predicted molar refractivity (Wildman–Crippen MR) is 37.2 cm³/mol. The first-order valence-corrected chi connectivity index (χ1v) is 2.88. The minimum Gasteiger partial charge on any atom is -0.461 e. The normalized spacial score (nSPS) is 8.64. The Hall–Kier alpha value is -0.175. The van der Waals surface area contributed by atoms with Gasteiger partial charge in [0.2, 0.25) is 0 Å². The van der Waals surface area contributed by atoms with Crippen LogP contribution in [-0.2, 0) is 9.68 Å². The first kappa shape index (κ1) is 13.4. The van der Waals surface area contributed by atoms with E-state index in [4.69, 9.17) is 15.2 Å². The summed E-state index contributed by atoms with van der Waals surface area (Å²) in [6.07, 6.45) is 0. The van der Waals surface area contributed by atoms with E-state index in [2.05, 4.69) is 23.4 Å². The van der Waals surface area contributed by atoms with Gasteiger partial charge in [0.1, 0.15) is 0 Å². The van der Waals surface area contributed by atoms with Gasteiger partial charge in [0.15, 0.2) is 0 Å². The zero-order valence-corrected chi connectivity index (χ0v) is 6.06. The van der Waals surface area contributed by atoms with Crippen molar-refractivity contribution in [3.05, 3.63) is 0 Å². The number of aliphatic hydroxyl groups is 2. The smallest absolute Gasteiger partial charge is 0.277 e. The third-order valence-electron chi connectivity index (χ3n) is 0.505. The van der Waals surface area contributed by atoms with E-state index in [1.54, 1.807) is 0 Å². The van der Waals surface area contributed by atoms with Gasteiger partial charge in [-0.2, -0.15) is 0 Å². The van der Waals surface area contributed by atoms with E-state index in [1.165, 1.54) is 0 Å². The Balaban J connectivity index is 0. The van der Waals surface area contributed by atoms with Gasteiger partial charge < -0.3 is 15.2 Å². The van der Waals surface area contributed by atoms with Crippen LogP contribution in [0.1, 0.15) is 0 Å². The molecule has 0 aromatic heterocycles. The van der Waals surface area contributed by atoms with Crippen molar-refractivity contribution in [2.45, 2.75) is 0 Å². The van der Waals surface area contributed by atoms with Gasteiger partial charge in [0.25, 0.3) is 8.05 Å². The van der Waals surface area contributed by atoms with Crippen LogP contribution in [0.4, 0.5) is 0 Å². The summed E-state index contributed by atoms with van der Waals surface area (Å²) in [6.45, 7) is 0.224. The lowest BCUT2D eigenvalue weighted by molar-refractivity contribution is -0.178. The number of rotatable bonds is 6. The van der Waals surface area contributed by atoms with Crippen molar-refractivity contribution in [1.82, 2.24) is 5.64 Å². The number of nitrogens with one attached hydrogen (secondary N) is 1. The first-order chi connectivity index (χ1) is 5.41. The van der Waals surface area contributed by atoms with Crippen molar-refractivity contribution in [1.29, 1.82) is 0 Å². The van der Waals surface area contributed by atoms with Crippen molar-refractivity contribution in [2.24, 2.45) is 0 Å². The van der Waals surface area contributed by atoms with Crippen LogP contribution >= 0.6 is 0 Å². The molecule has 4 N–H and O–H groups in total. The van der Waals surface area contributed by atoms with Gasteiger partial charge >= 0.3 is 0 Å². The molecular weight excluding hydrogens is 153 g/mol. The molecule has 0 aliphatic rings. The van der Waals surface area contributed by atoms with Crippen LogP contribution in [0.25, 0.3) is 0 Å². The lowest BCUT2D eigenvalue weighted by atomic mass is 10.6. The molecule has 0 amide bonds. The highest BCUT2D eigenvalue weighted by atomic mass is 16.9. The van der Waals surface area contributed by atoms with Crippen LogP contribution in [0.5, 0.6) is 0 Å². The average molecular weight is 165 g/mol. The van der Waals surface area contributed by atoms with Crippen molar-refractivity contribution in [3.63, 3.8) is 0 Å². The van der Waals surface area contributed by atoms with Crippen molar-refractivity contribution < 1.29 is 24.9 Å². The Morgan fingerprint density at radius 1 is 1.00 bits per heavy atom. The highest BCUT2D eigenvalue weighted by Gasteiger charge is 1.83. The van der Waals surface area contributed by atoms with Crippen molar-refractivity contribution >= 4 is 8.05 Å². The molecule has 0 saturated heterocycles. The van der Waals surface area contributed by atoms with Crippen molar-refractivity contribution in [2.75, 3.05) is 26.4 Å². The molecule has 0 saturated carbocycles. The molecule has 6 nitrogen and oxygen atoms in total. The standard InChI is InChI=1S/C4H11NO4.BHO/c6-1-3-8-5-9-4-2-7;1-2/h5-7H,1-4H2;2H. The molecule has 11 heavy (non-hydrogen) atoms. The lowest BCUT2D eigenvalue weighted by Gasteiger charge is -2.01. The molecule has 0 atom stereocenters. The largest absolute Gasteiger partial charge is 0.461 e. The van der Waals surface area contributed by atoms with Crippen LogP contribution in [0.3, 0.4) is 0 Å². The molecule has 2 radical (unpaired) electrons. The summed E-state index contributed by atoms with van der Waals surface area (Å²) in [5.74, 6) is 0. The van der Waals surface area contributed by atoms with Crippen LogP contribution in [0, 0.1) is 0 Å². The van der Waals surface area contributed by atoms with Crippen LogP contribution in [0.15, 0.2) is 0 Å². The minimum atomic E-state index is -0.0600. The monoisotopic (exact) mass is 165 g/mol. The predicted octanol–water partition coefficient (Wildman–Crippen LogP) is -2.51. The van der Waals surface area contributed by atoms with E-state index in [0.717, 1.165) is 0 Å². The fourth-order valence-corrected chi connectivity index (χ4v) is 0.216. The molecule has 0 bridgehead atoms. The SMILES string of the molecule is OCCONOCCO.[B]O. The molecule has 0 unspecified atom stereocenters. The van der Waals surface area contributed by atoms with E-state index in [-0.39, 0.29) is 26.4 Å². The molecule has 66 valence electrons. The lowest BCUT2D eigenvalue weighted by Crippen LogP contribution is -2.19. The summed E-state index contributed by atoms with van der Waals surface area (Å²) in [5.41, 5.74) is 2.07. The quantitative estimate of drug-likeness (QED) is 0.197. The first-order valence-electron chi connectivity index (χ1n) is 2.88. The molecule has 0 aromatic carbocycles. The third-order valence-corrected chi connectivity index (χ3v) is 0.505. The third kappa shape index (κ3) is 17.7. The van der Waals surface area contributed by atoms with E-state index >= 15 is 0 Å². The second kappa shape index (κ2) is 16.4. The van der Waals surface area contributed by atoms with Gasteiger partial charge in [0.05, 0.1) is 26.4 Å². The molecule has 0 aliphatic carbocycles. The summed E-state index contributed by atoms with van der Waals surface area (Å²) >= 11 is 0. The maximum Gasteiger partial charge on any atom is 0.277 e. The molecule has 7 heteroatoms. The zero-order chi connectivity index (χ0) is 8.95. The Morgan fingerprint density at radius 2 is 1.36 bits per heavy atom. The fourth-order valence-electron chi connectivity index (χ4n) is 0.216. The number of hydrogen-bond acceptors (Lipinski definition) is 6. The maximum absolute atomic E-state index is 8.15. The Bertz CT molecular complexity index is 51.7. The number of hydrogen-bond donors (Lipinski definition) is 4.